The number of rotatable bonds is 6. The summed E-state index contributed by atoms with van der Waals surface area (Å²) in [6.07, 6.45) is 1.73. The Balaban J connectivity index is 2.35. The van der Waals surface area contributed by atoms with Gasteiger partial charge in [0.2, 0.25) is 0 Å². The van der Waals surface area contributed by atoms with Crippen LogP contribution in [0.15, 0.2) is 36.0 Å². The molecule has 116 valence electrons. The third-order valence-electron chi connectivity index (χ3n) is 2.75. The summed E-state index contributed by atoms with van der Waals surface area (Å²) in [6, 6.07) is 5.24. The smallest absolute Gasteiger partial charge is 0.316 e. The van der Waals surface area contributed by atoms with E-state index in [9.17, 15) is 4.79 Å². The van der Waals surface area contributed by atoms with Crippen LogP contribution in [0.2, 0.25) is 10.0 Å². The average Bonchev–Trinajstić information content (AvgIpc) is 2.91. The van der Waals surface area contributed by atoms with Gasteiger partial charge in [-0.2, -0.15) is 0 Å². The van der Waals surface area contributed by atoms with E-state index in [-0.39, 0.29) is 11.7 Å². The molecule has 5 nitrogen and oxygen atoms in total. The van der Waals surface area contributed by atoms with Gasteiger partial charge in [0.25, 0.3) is 0 Å². The van der Waals surface area contributed by atoms with E-state index in [1.54, 1.807) is 18.2 Å². The molecule has 22 heavy (non-hydrogen) atoms. The topological polar surface area (TPSA) is 57.0 Å². The first kappa shape index (κ1) is 16.9. The molecule has 0 amide bonds. The van der Waals surface area contributed by atoms with Crippen molar-refractivity contribution in [1.82, 2.24) is 14.8 Å². The van der Waals surface area contributed by atoms with Crippen LogP contribution in [0, 0.1) is 0 Å². The van der Waals surface area contributed by atoms with Crippen molar-refractivity contribution >= 4 is 40.9 Å². The van der Waals surface area contributed by atoms with Crippen LogP contribution >= 0.6 is 35.0 Å². The highest BCUT2D eigenvalue weighted by Crippen LogP contribution is 2.29. The second-order valence-electron chi connectivity index (χ2n) is 4.20. The molecule has 8 heteroatoms. The molecule has 0 N–H and O–H groups in total. The Labute approximate surface area is 142 Å². The normalized spacial score (nSPS) is 10.5. The lowest BCUT2D eigenvalue weighted by Gasteiger charge is -2.08. The van der Waals surface area contributed by atoms with Gasteiger partial charge in [0.05, 0.1) is 22.9 Å². The summed E-state index contributed by atoms with van der Waals surface area (Å²) in [5.41, 5.74) is 0.786. The van der Waals surface area contributed by atoms with Crippen LogP contribution in [0.4, 0.5) is 0 Å². The number of hydrogen-bond acceptors (Lipinski definition) is 5. The first-order valence-corrected chi connectivity index (χ1v) is 8.00. The Kier molecular flexibility index (Phi) is 5.88. The fraction of sp³-hybridized carbons (Fsp3) is 0.214. The Hall–Kier alpha value is -1.50. The van der Waals surface area contributed by atoms with Gasteiger partial charge in [-0.15, -0.1) is 16.8 Å². The monoisotopic (exact) mass is 357 g/mol. The number of esters is 1. The van der Waals surface area contributed by atoms with Gasteiger partial charge in [0, 0.05) is 12.1 Å². The summed E-state index contributed by atoms with van der Waals surface area (Å²) in [4.78, 5) is 11.3. The van der Waals surface area contributed by atoms with E-state index in [1.165, 1.54) is 18.9 Å². The van der Waals surface area contributed by atoms with Gasteiger partial charge in [-0.1, -0.05) is 41.0 Å². The molecular formula is C14H13Cl2N3O2S. The SMILES string of the molecule is C=CCn1c(SCC(=O)OC)nnc1-c1ccc(Cl)c(Cl)c1. The number of nitrogens with zero attached hydrogens (tertiary/aromatic N) is 3. The van der Waals surface area contributed by atoms with Gasteiger partial charge >= 0.3 is 5.97 Å². The van der Waals surface area contributed by atoms with E-state index < -0.39 is 0 Å². The molecule has 0 aliphatic carbocycles. The third kappa shape index (κ3) is 3.82. The van der Waals surface area contributed by atoms with Crippen molar-refractivity contribution in [3.8, 4) is 11.4 Å². The zero-order valence-electron chi connectivity index (χ0n) is 11.8. The molecule has 0 aliphatic rings. The van der Waals surface area contributed by atoms with E-state index in [0.717, 1.165) is 5.56 Å². The quantitative estimate of drug-likeness (QED) is 0.448. The Morgan fingerprint density at radius 1 is 1.41 bits per heavy atom. The number of allylic oxidation sites excluding steroid dienone is 1. The largest absolute Gasteiger partial charge is 0.468 e. The number of methoxy groups -OCH3 is 1. The first-order chi connectivity index (χ1) is 10.6. The lowest BCUT2D eigenvalue weighted by molar-refractivity contribution is -0.137. The average molecular weight is 358 g/mol. The lowest BCUT2D eigenvalue weighted by Crippen LogP contribution is -2.06. The highest BCUT2D eigenvalue weighted by molar-refractivity contribution is 7.99. The number of halogens is 2. The van der Waals surface area contributed by atoms with Crippen molar-refractivity contribution in [2.75, 3.05) is 12.9 Å². The number of carbonyl (C=O) groups is 1. The van der Waals surface area contributed by atoms with Gasteiger partial charge in [-0.3, -0.25) is 9.36 Å². The number of hydrogen-bond donors (Lipinski definition) is 0. The fourth-order valence-electron chi connectivity index (χ4n) is 1.72. The minimum absolute atomic E-state index is 0.160. The molecule has 0 radical (unpaired) electrons. The van der Waals surface area contributed by atoms with Gasteiger partial charge in [0.15, 0.2) is 11.0 Å². The Morgan fingerprint density at radius 2 is 2.18 bits per heavy atom. The zero-order chi connectivity index (χ0) is 16.1. The maximum Gasteiger partial charge on any atom is 0.316 e. The number of aromatic nitrogens is 3. The molecule has 0 fully saturated rings. The third-order valence-corrected chi connectivity index (χ3v) is 4.43. The van der Waals surface area contributed by atoms with Gasteiger partial charge < -0.3 is 4.74 Å². The number of benzene rings is 1. The van der Waals surface area contributed by atoms with Crippen molar-refractivity contribution in [3.63, 3.8) is 0 Å². The van der Waals surface area contributed by atoms with Crippen LogP contribution in [0.1, 0.15) is 0 Å². The van der Waals surface area contributed by atoms with Crippen LogP contribution < -0.4 is 0 Å². The fourth-order valence-corrected chi connectivity index (χ4v) is 2.80. The maximum absolute atomic E-state index is 11.3. The van der Waals surface area contributed by atoms with Crippen molar-refractivity contribution in [2.45, 2.75) is 11.7 Å². The van der Waals surface area contributed by atoms with Crippen molar-refractivity contribution < 1.29 is 9.53 Å². The molecule has 2 aromatic rings. The molecule has 0 aliphatic heterocycles. The molecule has 0 unspecified atom stereocenters. The standard InChI is InChI=1S/C14H13Cl2N3O2S/c1-3-6-19-13(9-4-5-10(15)11(16)7-9)17-18-14(19)22-8-12(20)21-2/h3-5,7H,1,6,8H2,2H3. The second-order valence-corrected chi connectivity index (χ2v) is 5.96. The highest BCUT2D eigenvalue weighted by Gasteiger charge is 2.15. The molecule has 0 saturated heterocycles. The number of ether oxygens (including phenoxy) is 1. The first-order valence-electron chi connectivity index (χ1n) is 6.26. The van der Waals surface area contributed by atoms with Crippen molar-refractivity contribution in [1.29, 1.82) is 0 Å². The Bertz CT molecular complexity index is 703. The summed E-state index contributed by atoms with van der Waals surface area (Å²) in [5.74, 6) is 0.465. The highest BCUT2D eigenvalue weighted by atomic mass is 35.5. The number of thioether (sulfide) groups is 1. The van der Waals surface area contributed by atoms with Crippen LogP contribution in [-0.4, -0.2) is 33.6 Å². The van der Waals surface area contributed by atoms with Gasteiger partial charge in [-0.25, -0.2) is 0 Å². The van der Waals surface area contributed by atoms with Crippen LogP contribution in [0.5, 0.6) is 0 Å². The minimum atomic E-state index is -0.325. The van der Waals surface area contributed by atoms with E-state index >= 15 is 0 Å². The summed E-state index contributed by atoms with van der Waals surface area (Å²) in [6.45, 7) is 4.24. The van der Waals surface area contributed by atoms with Gasteiger partial charge in [0.1, 0.15) is 0 Å². The minimum Gasteiger partial charge on any atom is -0.468 e. The maximum atomic E-state index is 11.3. The molecule has 0 spiro atoms. The second kappa shape index (κ2) is 7.67. The zero-order valence-corrected chi connectivity index (χ0v) is 14.1. The van der Waals surface area contributed by atoms with Crippen LogP contribution in [-0.2, 0) is 16.1 Å². The predicted octanol–water partition coefficient (Wildman–Crippen LogP) is 3.70. The van der Waals surface area contributed by atoms with Crippen molar-refractivity contribution in [2.24, 2.45) is 0 Å². The summed E-state index contributed by atoms with van der Waals surface area (Å²) >= 11 is 13.2. The molecule has 0 saturated carbocycles. The van der Waals surface area contributed by atoms with E-state index in [1.807, 2.05) is 10.6 Å². The molecule has 1 heterocycles. The molecule has 2 rings (SSSR count). The van der Waals surface area contributed by atoms with Crippen molar-refractivity contribution in [3.05, 3.63) is 40.9 Å². The predicted molar refractivity (Wildman–Crippen MR) is 88.4 cm³/mol. The van der Waals surface area contributed by atoms with Gasteiger partial charge in [-0.05, 0) is 18.2 Å². The number of carbonyl (C=O) groups excluding carboxylic acids is 1. The molecule has 1 aromatic carbocycles. The lowest BCUT2D eigenvalue weighted by atomic mass is 10.2. The van der Waals surface area contributed by atoms with Crippen LogP contribution in [0.3, 0.4) is 0 Å². The summed E-state index contributed by atoms with van der Waals surface area (Å²) in [7, 11) is 1.35. The molecular weight excluding hydrogens is 345 g/mol. The summed E-state index contributed by atoms with van der Waals surface area (Å²) < 4.78 is 6.47. The molecule has 0 atom stereocenters. The van der Waals surface area contributed by atoms with Crippen LogP contribution in [0.25, 0.3) is 11.4 Å². The Morgan fingerprint density at radius 3 is 2.82 bits per heavy atom. The van der Waals surface area contributed by atoms with E-state index in [0.29, 0.717) is 27.6 Å². The molecule has 1 aromatic heterocycles. The molecule has 0 bridgehead atoms. The van der Waals surface area contributed by atoms with E-state index in [2.05, 4.69) is 21.5 Å². The van der Waals surface area contributed by atoms with E-state index in [4.69, 9.17) is 23.2 Å². The summed E-state index contributed by atoms with van der Waals surface area (Å²) in [5, 5.41) is 9.80.